The van der Waals surface area contributed by atoms with Crippen molar-refractivity contribution in [2.24, 2.45) is 0 Å². The minimum atomic E-state index is -4.67. The van der Waals surface area contributed by atoms with Crippen molar-refractivity contribution in [1.29, 1.82) is 0 Å². The lowest BCUT2D eigenvalue weighted by Crippen LogP contribution is -2.23. The highest BCUT2D eigenvalue weighted by atomic mass is 19.4. The highest BCUT2D eigenvalue weighted by Gasteiger charge is 2.34. The molecule has 1 nitrogen and oxygen atoms in total. The van der Waals surface area contributed by atoms with Crippen molar-refractivity contribution in [1.82, 2.24) is 5.32 Å². The van der Waals surface area contributed by atoms with Crippen molar-refractivity contribution in [3.05, 3.63) is 41.2 Å². The summed E-state index contributed by atoms with van der Waals surface area (Å²) < 4.78 is 51.0. The van der Waals surface area contributed by atoms with E-state index in [9.17, 15) is 17.6 Å². The largest absolute Gasteiger partial charge is 0.419 e. The molecule has 0 saturated heterocycles. The number of benzene rings is 1. The summed E-state index contributed by atoms with van der Waals surface area (Å²) >= 11 is 0. The Morgan fingerprint density at radius 1 is 1.30 bits per heavy atom. The SMILES string of the molecule is C/C(=C/CCNC(C)C)c1ccc(F)c(C(F)(F)F)c1. The Labute approximate surface area is 116 Å². The van der Waals surface area contributed by atoms with Crippen LogP contribution < -0.4 is 5.32 Å². The summed E-state index contributed by atoms with van der Waals surface area (Å²) in [7, 11) is 0. The van der Waals surface area contributed by atoms with E-state index >= 15 is 0 Å². The van der Waals surface area contributed by atoms with Gasteiger partial charge in [-0.2, -0.15) is 13.2 Å². The standard InChI is InChI=1S/C15H19F4N/c1-10(2)20-8-4-5-11(3)12-6-7-14(16)13(9-12)15(17,18)19/h5-7,9-10,20H,4,8H2,1-3H3/b11-5-. The average Bonchev–Trinajstić information content (AvgIpc) is 2.33. The van der Waals surface area contributed by atoms with Crippen LogP contribution in [0.15, 0.2) is 24.3 Å². The van der Waals surface area contributed by atoms with Crippen LogP contribution in [0.3, 0.4) is 0 Å². The molecule has 0 aliphatic carbocycles. The second kappa shape index (κ2) is 6.88. The van der Waals surface area contributed by atoms with E-state index in [2.05, 4.69) is 5.32 Å². The van der Waals surface area contributed by atoms with Crippen molar-refractivity contribution in [3.8, 4) is 0 Å². The fourth-order valence-electron chi connectivity index (χ4n) is 1.77. The first kappa shape index (κ1) is 16.7. The molecule has 1 rings (SSSR count). The van der Waals surface area contributed by atoms with E-state index in [4.69, 9.17) is 0 Å². The molecule has 0 saturated carbocycles. The van der Waals surface area contributed by atoms with E-state index in [0.717, 1.165) is 18.7 Å². The monoisotopic (exact) mass is 289 g/mol. The van der Waals surface area contributed by atoms with Crippen molar-refractivity contribution < 1.29 is 17.6 Å². The Morgan fingerprint density at radius 3 is 2.50 bits per heavy atom. The average molecular weight is 289 g/mol. The van der Waals surface area contributed by atoms with E-state index in [1.54, 1.807) is 6.92 Å². The summed E-state index contributed by atoms with van der Waals surface area (Å²) in [5.74, 6) is -1.24. The molecule has 0 heterocycles. The van der Waals surface area contributed by atoms with Crippen molar-refractivity contribution in [2.45, 2.75) is 39.4 Å². The molecule has 0 fully saturated rings. The molecule has 1 aromatic carbocycles. The molecule has 0 aromatic heterocycles. The highest BCUT2D eigenvalue weighted by molar-refractivity contribution is 5.64. The molecule has 112 valence electrons. The molecule has 1 aromatic rings. The Morgan fingerprint density at radius 2 is 1.95 bits per heavy atom. The third-order valence-electron chi connectivity index (χ3n) is 2.87. The van der Waals surface area contributed by atoms with Gasteiger partial charge in [0.2, 0.25) is 0 Å². The summed E-state index contributed by atoms with van der Waals surface area (Å²) in [4.78, 5) is 0. The Kier molecular flexibility index (Phi) is 5.74. The van der Waals surface area contributed by atoms with Gasteiger partial charge in [-0.05, 0) is 43.2 Å². The molecule has 0 aliphatic heterocycles. The van der Waals surface area contributed by atoms with Crippen LogP contribution in [0.4, 0.5) is 17.6 Å². The minimum absolute atomic E-state index is 0.367. The van der Waals surface area contributed by atoms with Gasteiger partial charge in [-0.25, -0.2) is 4.39 Å². The number of halogens is 4. The number of alkyl halides is 3. The Bertz CT molecular complexity index is 475. The lowest BCUT2D eigenvalue weighted by molar-refractivity contribution is -0.140. The molecule has 0 radical (unpaired) electrons. The predicted octanol–water partition coefficient (Wildman–Crippen LogP) is 4.64. The lowest BCUT2D eigenvalue weighted by atomic mass is 10.0. The van der Waals surface area contributed by atoms with Gasteiger partial charge in [0.25, 0.3) is 0 Å². The van der Waals surface area contributed by atoms with Crippen LogP contribution in [0.25, 0.3) is 5.57 Å². The maximum atomic E-state index is 13.2. The zero-order valence-corrected chi connectivity index (χ0v) is 11.8. The van der Waals surface area contributed by atoms with Crippen LogP contribution in [0.5, 0.6) is 0 Å². The number of hydrogen-bond acceptors (Lipinski definition) is 1. The minimum Gasteiger partial charge on any atom is -0.314 e. The predicted molar refractivity (Wildman–Crippen MR) is 72.8 cm³/mol. The van der Waals surface area contributed by atoms with Crippen LogP contribution in [0.2, 0.25) is 0 Å². The summed E-state index contributed by atoms with van der Waals surface area (Å²) in [5, 5.41) is 3.21. The smallest absolute Gasteiger partial charge is 0.314 e. The molecule has 5 heteroatoms. The first-order valence-electron chi connectivity index (χ1n) is 6.49. The van der Waals surface area contributed by atoms with Gasteiger partial charge in [0.15, 0.2) is 0 Å². The summed E-state index contributed by atoms with van der Waals surface area (Å²) in [6.45, 7) is 6.52. The molecule has 0 unspecified atom stereocenters. The maximum Gasteiger partial charge on any atom is 0.419 e. The van der Waals surface area contributed by atoms with Gasteiger partial charge in [0.05, 0.1) is 5.56 Å². The van der Waals surface area contributed by atoms with Crippen LogP contribution >= 0.6 is 0 Å². The zero-order valence-electron chi connectivity index (χ0n) is 11.8. The highest BCUT2D eigenvalue weighted by Crippen LogP contribution is 2.33. The summed E-state index contributed by atoms with van der Waals surface area (Å²) in [6, 6.07) is 3.46. The Hall–Kier alpha value is -1.36. The lowest BCUT2D eigenvalue weighted by Gasteiger charge is -2.11. The second-order valence-corrected chi connectivity index (χ2v) is 4.98. The van der Waals surface area contributed by atoms with Crippen LogP contribution in [-0.4, -0.2) is 12.6 Å². The van der Waals surface area contributed by atoms with Crippen LogP contribution in [-0.2, 0) is 6.18 Å². The Balaban J connectivity index is 2.83. The number of rotatable bonds is 5. The van der Waals surface area contributed by atoms with Gasteiger partial charge in [0, 0.05) is 6.04 Å². The molecular weight excluding hydrogens is 270 g/mol. The van der Waals surface area contributed by atoms with Gasteiger partial charge < -0.3 is 5.32 Å². The quantitative estimate of drug-likeness (QED) is 0.615. The van der Waals surface area contributed by atoms with E-state index < -0.39 is 17.6 Å². The van der Waals surface area contributed by atoms with E-state index in [1.807, 2.05) is 19.9 Å². The van der Waals surface area contributed by atoms with Crippen molar-refractivity contribution in [2.75, 3.05) is 6.54 Å². The van der Waals surface area contributed by atoms with Crippen LogP contribution in [0.1, 0.15) is 38.3 Å². The molecule has 0 atom stereocenters. The van der Waals surface area contributed by atoms with Crippen molar-refractivity contribution >= 4 is 5.57 Å². The normalized spacial score (nSPS) is 13.1. The molecule has 20 heavy (non-hydrogen) atoms. The third-order valence-corrected chi connectivity index (χ3v) is 2.87. The van der Waals surface area contributed by atoms with Gasteiger partial charge in [-0.3, -0.25) is 0 Å². The summed E-state index contributed by atoms with van der Waals surface area (Å²) in [6.07, 6.45) is -2.11. The van der Waals surface area contributed by atoms with Crippen LogP contribution in [0, 0.1) is 5.82 Å². The van der Waals surface area contributed by atoms with Gasteiger partial charge >= 0.3 is 6.18 Å². The molecule has 0 spiro atoms. The number of nitrogens with one attached hydrogen (secondary N) is 1. The fourth-order valence-corrected chi connectivity index (χ4v) is 1.77. The topological polar surface area (TPSA) is 12.0 Å². The molecule has 0 amide bonds. The van der Waals surface area contributed by atoms with Gasteiger partial charge in [-0.15, -0.1) is 0 Å². The first-order valence-corrected chi connectivity index (χ1v) is 6.49. The molecule has 1 N–H and O–H groups in total. The van der Waals surface area contributed by atoms with E-state index in [0.29, 0.717) is 23.6 Å². The van der Waals surface area contributed by atoms with E-state index in [-0.39, 0.29) is 0 Å². The van der Waals surface area contributed by atoms with Gasteiger partial charge in [-0.1, -0.05) is 26.0 Å². The summed E-state index contributed by atoms with van der Waals surface area (Å²) in [5.41, 5.74) is -0.118. The molecule has 0 bridgehead atoms. The van der Waals surface area contributed by atoms with Crippen molar-refractivity contribution in [3.63, 3.8) is 0 Å². The van der Waals surface area contributed by atoms with Gasteiger partial charge in [0.1, 0.15) is 5.82 Å². The number of allylic oxidation sites excluding steroid dienone is 1. The first-order chi connectivity index (χ1) is 9.21. The third kappa shape index (κ3) is 4.96. The second-order valence-electron chi connectivity index (χ2n) is 4.98. The fraction of sp³-hybridized carbons (Fsp3) is 0.467. The molecule has 0 aliphatic rings. The van der Waals surface area contributed by atoms with E-state index in [1.165, 1.54) is 6.07 Å². The zero-order chi connectivity index (χ0) is 15.3. The maximum absolute atomic E-state index is 13.2. The molecular formula is C15H19F4N. The number of hydrogen-bond donors (Lipinski definition) is 1.